The average Bonchev–Trinajstić information content (AvgIpc) is 2.27. The van der Waals surface area contributed by atoms with Gasteiger partial charge >= 0.3 is 5.97 Å². The summed E-state index contributed by atoms with van der Waals surface area (Å²) in [6.45, 7) is 5.76. The van der Waals surface area contributed by atoms with E-state index >= 15 is 0 Å². The topological polar surface area (TPSA) is 66.8 Å². The Kier molecular flexibility index (Phi) is 5.79. The summed E-state index contributed by atoms with van der Waals surface area (Å²) in [6.07, 6.45) is 2.27. The van der Waals surface area contributed by atoms with Gasteiger partial charge in [-0.05, 0) is 18.8 Å². The molecule has 19 heavy (non-hydrogen) atoms. The Morgan fingerprint density at radius 1 is 1.37 bits per heavy atom. The summed E-state index contributed by atoms with van der Waals surface area (Å²) in [6, 6.07) is 0. The smallest absolute Gasteiger partial charge is 0.310 e. The quantitative estimate of drug-likeness (QED) is 0.730. The van der Waals surface area contributed by atoms with Crippen molar-refractivity contribution >= 4 is 11.9 Å². The van der Waals surface area contributed by atoms with E-state index in [4.69, 9.17) is 4.74 Å². The van der Waals surface area contributed by atoms with E-state index in [1.54, 1.807) is 12.0 Å². The average molecular weight is 271 g/mol. The minimum absolute atomic E-state index is 0.0622. The van der Waals surface area contributed by atoms with Crippen molar-refractivity contribution in [1.82, 2.24) is 4.90 Å². The van der Waals surface area contributed by atoms with Crippen molar-refractivity contribution < 1.29 is 19.4 Å². The molecule has 0 aromatic heterocycles. The van der Waals surface area contributed by atoms with Gasteiger partial charge in [0.05, 0.1) is 12.0 Å². The second-order valence-corrected chi connectivity index (χ2v) is 5.84. The van der Waals surface area contributed by atoms with Gasteiger partial charge in [-0.1, -0.05) is 20.3 Å². The normalized spacial score (nSPS) is 17.1. The summed E-state index contributed by atoms with van der Waals surface area (Å²) in [5.74, 6) is -0.529. The molecule has 0 unspecified atom stereocenters. The molecule has 0 aromatic carbocycles. The van der Waals surface area contributed by atoms with Crippen LogP contribution in [0.5, 0.6) is 0 Å². The standard InChI is InChI=1S/C14H25NO4/c1-11(2)10-15(7-8-19-3)12(16)9-14(13(17)18)5-4-6-14/h11H,4-10H2,1-3H3,(H,17,18). The predicted octanol–water partition coefficient (Wildman–Crippen LogP) is 1.76. The highest BCUT2D eigenvalue weighted by Crippen LogP contribution is 2.44. The molecule has 0 aliphatic heterocycles. The zero-order valence-electron chi connectivity index (χ0n) is 12.1. The maximum absolute atomic E-state index is 12.3. The van der Waals surface area contributed by atoms with Crippen LogP contribution in [0.3, 0.4) is 0 Å². The van der Waals surface area contributed by atoms with Gasteiger partial charge in [0.1, 0.15) is 0 Å². The summed E-state index contributed by atoms with van der Waals surface area (Å²) < 4.78 is 5.01. The van der Waals surface area contributed by atoms with Crippen LogP contribution in [-0.2, 0) is 14.3 Å². The molecule has 0 aromatic rings. The lowest BCUT2D eigenvalue weighted by Gasteiger charge is -2.38. The molecule has 1 aliphatic carbocycles. The van der Waals surface area contributed by atoms with Gasteiger partial charge < -0.3 is 14.7 Å². The van der Waals surface area contributed by atoms with Crippen molar-refractivity contribution in [2.75, 3.05) is 26.8 Å². The number of nitrogens with zero attached hydrogens (tertiary/aromatic N) is 1. The fourth-order valence-corrected chi connectivity index (χ4v) is 2.43. The molecule has 1 aliphatic rings. The fourth-order valence-electron chi connectivity index (χ4n) is 2.43. The highest BCUT2D eigenvalue weighted by atomic mass is 16.5. The lowest BCUT2D eigenvalue weighted by molar-refractivity contribution is -0.159. The molecule has 0 spiro atoms. The number of methoxy groups -OCH3 is 1. The summed E-state index contributed by atoms with van der Waals surface area (Å²) in [5, 5.41) is 9.28. The first-order valence-corrected chi connectivity index (χ1v) is 6.91. The molecule has 5 nitrogen and oxygen atoms in total. The number of carboxylic acids is 1. The third kappa shape index (κ3) is 4.20. The Labute approximate surface area is 114 Å². The molecule has 1 saturated carbocycles. The first kappa shape index (κ1) is 16.0. The Morgan fingerprint density at radius 2 is 2.00 bits per heavy atom. The minimum atomic E-state index is -0.830. The molecule has 0 atom stereocenters. The second kappa shape index (κ2) is 6.89. The van der Waals surface area contributed by atoms with Crippen LogP contribution < -0.4 is 0 Å². The molecule has 5 heteroatoms. The maximum Gasteiger partial charge on any atom is 0.310 e. The van der Waals surface area contributed by atoms with Gasteiger partial charge in [0.25, 0.3) is 0 Å². The number of carboxylic acid groups (broad SMARTS) is 1. The molecule has 0 heterocycles. The predicted molar refractivity (Wildman–Crippen MR) is 71.8 cm³/mol. The number of carbonyl (C=O) groups excluding carboxylic acids is 1. The molecule has 1 N–H and O–H groups in total. The van der Waals surface area contributed by atoms with Crippen LogP contribution in [0.1, 0.15) is 39.5 Å². The molecule has 1 fully saturated rings. The van der Waals surface area contributed by atoms with Gasteiger partial charge in [-0.15, -0.1) is 0 Å². The molecule has 0 bridgehead atoms. The fraction of sp³-hybridized carbons (Fsp3) is 0.857. The van der Waals surface area contributed by atoms with Crippen LogP contribution in [0.15, 0.2) is 0 Å². The van der Waals surface area contributed by atoms with Crippen LogP contribution in [0.25, 0.3) is 0 Å². The van der Waals surface area contributed by atoms with E-state index in [1.165, 1.54) is 0 Å². The SMILES string of the molecule is COCCN(CC(C)C)C(=O)CC1(C(=O)O)CCC1. The zero-order valence-corrected chi connectivity index (χ0v) is 12.1. The van der Waals surface area contributed by atoms with Crippen LogP contribution in [0.2, 0.25) is 0 Å². The van der Waals surface area contributed by atoms with E-state index in [0.717, 1.165) is 6.42 Å². The van der Waals surface area contributed by atoms with Crippen molar-refractivity contribution in [2.45, 2.75) is 39.5 Å². The molecular formula is C14H25NO4. The number of ether oxygens (including phenoxy) is 1. The summed E-state index contributed by atoms with van der Waals surface area (Å²) in [4.78, 5) is 25.3. The van der Waals surface area contributed by atoms with E-state index in [9.17, 15) is 14.7 Å². The Balaban J connectivity index is 2.62. The summed E-state index contributed by atoms with van der Waals surface area (Å²) in [7, 11) is 1.60. The van der Waals surface area contributed by atoms with Gasteiger partial charge in [-0.3, -0.25) is 9.59 Å². The van der Waals surface area contributed by atoms with Gasteiger partial charge in [0, 0.05) is 26.6 Å². The van der Waals surface area contributed by atoms with Crippen LogP contribution in [-0.4, -0.2) is 48.7 Å². The van der Waals surface area contributed by atoms with E-state index in [1.807, 2.05) is 13.8 Å². The van der Waals surface area contributed by atoms with Crippen molar-refractivity contribution in [3.8, 4) is 0 Å². The molecular weight excluding hydrogens is 246 g/mol. The first-order chi connectivity index (χ1) is 8.91. The van der Waals surface area contributed by atoms with Gasteiger partial charge in [-0.2, -0.15) is 0 Å². The Morgan fingerprint density at radius 3 is 2.37 bits per heavy atom. The molecule has 110 valence electrons. The first-order valence-electron chi connectivity index (χ1n) is 6.91. The number of aliphatic carboxylic acids is 1. The maximum atomic E-state index is 12.3. The highest BCUT2D eigenvalue weighted by molar-refractivity contribution is 5.85. The summed E-state index contributed by atoms with van der Waals surface area (Å²) >= 11 is 0. The number of carbonyl (C=O) groups is 2. The van der Waals surface area contributed by atoms with E-state index in [2.05, 4.69) is 0 Å². The third-order valence-electron chi connectivity index (χ3n) is 3.76. The van der Waals surface area contributed by atoms with E-state index < -0.39 is 11.4 Å². The number of rotatable bonds is 8. The van der Waals surface area contributed by atoms with Crippen molar-refractivity contribution in [3.63, 3.8) is 0 Å². The molecule has 1 amide bonds. The van der Waals surface area contributed by atoms with Crippen molar-refractivity contribution in [3.05, 3.63) is 0 Å². The van der Waals surface area contributed by atoms with Crippen LogP contribution in [0.4, 0.5) is 0 Å². The number of hydrogen-bond donors (Lipinski definition) is 1. The molecule has 1 rings (SSSR count). The van der Waals surface area contributed by atoms with E-state index in [-0.39, 0.29) is 12.3 Å². The second-order valence-electron chi connectivity index (χ2n) is 5.84. The zero-order chi connectivity index (χ0) is 14.5. The van der Waals surface area contributed by atoms with Gasteiger partial charge in [0.15, 0.2) is 0 Å². The highest BCUT2D eigenvalue weighted by Gasteiger charge is 2.46. The Hall–Kier alpha value is -1.10. The Bertz CT molecular complexity index is 323. The number of amides is 1. The molecule has 0 radical (unpaired) electrons. The van der Waals surface area contributed by atoms with Gasteiger partial charge in [-0.25, -0.2) is 0 Å². The van der Waals surface area contributed by atoms with Gasteiger partial charge in [0.2, 0.25) is 5.91 Å². The number of hydrogen-bond acceptors (Lipinski definition) is 3. The van der Waals surface area contributed by atoms with Crippen LogP contribution >= 0.6 is 0 Å². The summed E-state index contributed by atoms with van der Waals surface area (Å²) in [5.41, 5.74) is -0.806. The molecule has 0 saturated heterocycles. The van der Waals surface area contributed by atoms with Crippen molar-refractivity contribution in [1.29, 1.82) is 0 Å². The lowest BCUT2D eigenvalue weighted by atomic mass is 9.66. The van der Waals surface area contributed by atoms with E-state index in [0.29, 0.717) is 38.5 Å². The minimum Gasteiger partial charge on any atom is -0.481 e. The largest absolute Gasteiger partial charge is 0.481 e. The van der Waals surface area contributed by atoms with Crippen molar-refractivity contribution in [2.24, 2.45) is 11.3 Å². The van der Waals surface area contributed by atoms with Crippen LogP contribution in [0, 0.1) is 11.3 Å². The monoisotopic (exact) mass is 271 g/mol. The third-order valence-corrected chi connectivity index (χ3v) is 3.76. The lowest BCUT2D eigenvalue weighted by Crippen LogP contribution is -2.45.